The number of nitro benzene ring substituents is 1. The maximum Gasteiger partial charge on any atom is 0.338 e. The summed E-state index contributed by atoms with van der Waals surface area (Å²) >= 11 is 0. The molecular formula is C12H13N5O4. The third-order valence-electron chi connectivity index (χ3n) is 2.80. The Morgan fingerprint density at radius 1 is 1.48 bits per heavy atom. The molecule has 0 fully saturated rings. The lowest BCUT2D eigenvalue weighted by Crippen LogP contribution is -2.10. The molecule has 0 saturated carbocycles. The number of carboxylic acid groups (broad SMARTS) is 1. The van der Waals surface area contributed by atoms with E-state index in [1.807, 2.05) is 0 Å². The lowest BCUT2D eigenvalue weighted by atomic mass is 10.1. The number of non-ortho nitro benzene ring substituents is 1. The minimum Gasteiger partial charge on any atom is -0.478 e. The van der Waals surface area contributed by atoms with Gasteiger partial charge in [0.2, 0.25) is 0 Å². The van der Waals surface area contributed by atoms with Crippen LogP contribution in [-0.4, -0.2) is 37.5 Å². The Morgan fingerprint density at radius 3 is 2.90 bits per heavy atom. The highest BCUT2D eigenvalue weighted by Gasteiger charge is 2.15. The minimum absolute atomic E-state index is 0.120. The van der Waals surface area contributed by atoms with Crippen molar-refractivity contribution in [2.24, 2.45) is 0 Å². The van der Waals surface area contributed by atoms with Crippen LogP contribution in [0.5, 0.6) is 0 Å². The monoisotopic (exact) mass is 291 g/mol. The van der Waals surface area contributed by atoms with Gasteiger partial charge in [-0.15, -0.1) is 5.10 Å². The predicted octanol–water partition coefficient (Wildman–Crippen LogP) is 1.39. The minimum atomic E-state index is -1.21. The number of benzene rings is 1. The third-order valence-corrected chi connectivity index (χ3v) is 2.80. The van der Waals surface area contributed by atoms with E-state index in [-0.39, 0.29) is 11.3 Å². The van der Waals surface area contributed by atoms with Crippen LogP contribution in [0.1, 0.15) is 16.8 Å². The van der Waals surface area contributed by atoms with Crippen LogP contribution < -0.4 is 5.32 Å². The van der Waals surface area contributed by atoms with Gasteiger partial charge in [0.05, 0.1) is 16.7 Å². The largest absolute Gasteiger partial charge is 0.478 e. The summed E-state index contributed by atoms with van der Waals surface area (Å²) in [6, 6.07) is 3.71. The number of hydrogen-bond donors (Lipinski definition) is 2. The Hall–Kier alpha value is -2.97. The zero-order valence-corrected chi connectivity index (χ0v) is 11.0. The van der Waals surface area contributed by atoms with Crippen LogP contribution in [0.3, 0.4) is 0 Å². The summed E-state index contributed by atoms with van der Waals surface area (Å²) in [7, 11) is 0. The molecule has 2 N–H and O–H groups in total. The fourth-order valence-corrected chi connectivity index (χ4v) is 1.79. The SMILES string of the molecule is O=C(O)c1cc([N+](=O)[O-])ccc1NCCCn1ccnn1. The van der Waals surface area contributed by atoms with Gasteiger partial charge in [0.1, 0.15) is 0 Å². The number of carbonyl (C=O) groups is 1. The molecule has 0 radical (unpaired) electrons. The highest BCUT2D eigenvalue weighted by molar-refractivity contribution is 5.95. The molecule has 2 aromatic rings. The molecule has 0 atom stereocenters. The van der Waals surface area contributed by atoms with Crippen LogP contribution in [0, 0.1) is 10.1 Å². The maximum absolute atomic E-state index is 11.1. The Kier molecular flexibility index (Phi) is 4.44. The van der Waals surface area contributed by atoms with Crippen molar-refractivity contribution < 1.29 is 14.8 Å². The number of hydrogen-bond acceptors (Lipinski definition) is 6. The van der Waals surface area contributed by atoms with Gasteiger partial charge in [-0.25, -0.2) is 4.79 Å². The van der Waals surface area contributed by atoms with Gasteiger partial charge in [0, 0.05) is 37.1 Å². The summed E-state index contributed by atoms with van der Waals surface area (Å²) in [5, 5.41) is 30.2. The van der Waals surface area contributed by atoms with Gasteiger partial charge in [-0.3, -0.25) is 14.8 Å². The highest BCUT2D eigenvalue weighted by Crippen LogP contribution is 2.22. The number of nitrogens with zero attached hydrogens (tertiary/aromatic N) is 4. The molecule has 0 aliphatic heterocycles. The fourth-order valence-electron chi connectivity index (χ4n) is 1.79. The number of nitrogens with one attached hydrogen (secondary N) is 1. The maximum atomic E-state index is 11.1. The van der Waals surface area contributed by atoms with Gasteiger partial charge < -0.3 is 10.4 Å². The van der Waals surface area contributed by atoms with Crippen LogP contribution in [-0.2, 0) is 6.54 Å². The van der Waals surface area contributed by atoms with E-state index in [1.54, 1.807) is 17.1 Å². The van der Waals surface area contributed by atoms with Crippen molar-refractivity contribution in [3.8, 4) is 0 Å². The molecule has 0 unspecified atom stereocenters. The van der Waals surface area contributed by atoms with E-state index >= 15 is 0 Å². The summed E-state index contributed by atoms with van der Waals surface area (Å²) in [5.74, 6) is -1.21. The Labute approximate surface area is 119 Å². The van der Waals surface area contributed by atoms with E-state index < -0.39 is 10.9 Å². The summed E-state index contributed by atoms with van der Waals surface area (Å²) in [6.45, 7) is 1.15. The lowest BCUT2D eigenvalue weighted by Gasteiger charge is -2.09. The van der Waals surface area contributed by atoms with Crippen molar-refractivity contribution in [1.82, 2.24) is 15.0 Å². The van der Waals surface area contributed by atoms with Crippen molar-refractivity contribution in [3.63, 3.8) is 0 Å². The van der Waals surface area contributed by atoms with Gasteiger partial charge >= 0.3 is 5.97 Å². The van der Waals surface area contributed by atoms with E-state index in [0.29, 0.717) is 25.2 Å². The molecule has 0 bridgehead atoms. The molecule has 9 heteroatoms. The Balaban J connectivity index is 1.98. The smallest absolute Gasteiger partial charge is 0.338 e. The van der Waals surface area contributed by atoms with E-state index in [9.17, 15) is 14.9 Å². The van der Waals surface area contributed by atoms with Gasteiger partial charge in [0.25, 0.3) is 5.69 Å². The van der Waals surface area contributed by atoms with Crippen LogP contribution in [0.15, 0.2) is 30.6 Å². The second kappa shape index (κ2) is 6.46. The molecule has 0 amide bonds. The Morgan fingerprint density at radius 2 is 2.29 bits per heavy atom. The van der Waals surface area contributed by atoms with Gasteiger partial charge in [0.15, 0.2) is 0 Å². The van der Waals surface area contributed by atoms with Crippen molar-refractivity contribution in [1.29, 1.82) is 0 Å². The molecule has 9 nitrogen and oxygen atoms in total. The number of rotatable bonds is 7. The van der Waals surface area contributed by atoms with Gasteiger partial charge in [-0.1, -0.05) is 5.21 Å². The molecule has 0 spiro atoms. The topological polar surface area (TPSA) is 123 Å². The molecular weight excluding hydrogens is 278 g/mol. The molecule has 110 valence electrons. The third kappa shape index (κ3) is 3.75. The second-order valence-electron chi connectivity index (χ2n) is 4.24. The fraction of sp³-hybridized carbons (Fsp3) is 0.250. The first kappa shape index (κ1) is 14.4. The highest BCUT2D eigenvalue weighted by atomic mass is 16.6. The number of carboxylic acids is 1. The average molecular weight is 291 g/mol. The molecule has 1 aromatic carbocycles. The first-order chi connectivity index (χ1) is 10.1. The molecule has 0 saturated heterocycles. The number of aromatic carboxylic acids is 1. The van der Waals surface area contributed by atoms with Crippen molar-refractivity contribution in [2.45, 2.75) is 13.0 Å². The summed E-state index contributed by atoms with van der Waals surface area (Å²) in [4.78, 5) is 21.2. The summed E-state index contributed by atoms with van der Waals surface area (Å²) in [5.41, 5.74) is -0.0165. The first-order valence-electron chi connectivity index (χ1n) is 6.17. The standard InChI is InChI=1S/C12H13N5O4/c18-12(19)10-8-9(17(20)21)2-3-11(10)13-4-1-6-16-7-5-14-15-16/h2-3,5,7-8,13H,1,4,6H2,(H,18,19). The molecule has 21 heavy (non-hydrogen) atoms. The zero-order valence-electron chi connectivity index (χ0n) is 11.0. The quantitative estimate of drug-likeness (QED) is 0.448. The van der Waals surface area contributed by atoms with Gasteiger partial charge in [-0.05, 0) is 12.5 Å². The van der Waals surface area contributed by atoms with Crippen LogP contribution in [0.4, 0.5) is 11.4 Å². The molecule has 0 aliphatic rings. The lowest BCUT2D eigenvalue weighted by molar-refractivity contribution is -0.384. The second-order valence-corrected chi connectivity index (χ2v) is 4.24. The molecule has 1 heterocycles. The summed E-state index contributed by atoms with van der Waals surface area (Å²) < 4.78 is 1.66. The number of nitro groups is 1. The Bertz CT molecular complexity index is 641. The number of aryl methyl sites for hydroxylation is 1. The van der Waals surface area contributed by atoms with E-state index in [2.05, 4.69) is 15.6 Å². The number of aromatic nitrogens is 3. The summed E-state index contributed by atoms with van der Waals surface area (Å²) in [6.07, 6.45) is 4.01. The average Bonchev–Trinajstić information content (AvgIpc) is 2.96. The first-order valence-corrected chi connectivity index (χ1v) is 6.17. The molecule has 2 rings (SSSR count). The number of anilines is 1. The zero-order chi connectivity index (χ0) is 15.2. The molecule has 1 aromatic heterocycles. The predicted molar refractivity (Wildman–Crippen MR) is 73.2 cm³/mol. The van der Waals surface area contributed by atoms with Crippen LogP contribution >= 0.6 is 0 Å². The molecule has 0 aliphatic carbocycles. The van der Waals surface area contributed by atoms with Crippen molar-refractivity contribution in [2.75, 3.05) is 11.9 Å². The van der Waals surface area contributed by atoms with Crippen molar-refractivity contribution >= 4 is 17.3 Å². The normalized spacial score (nSPS) is 10.3. The van der Waals surface area contributed by atoms with Crippen LogP contribution in [0.2, 0.25) is 0 Å². The van der Waals surface area contributed by atoms with E-state index in [0.717, 1.165) is 6.07 Å². The van der Waals surface area contributed by atoms with E-state index in [4.69, 9.17) is 5.11 Å². The van der Waals surface area contributed by atoms with Gasteiger partial charge in [-0.2, -0.15) is 0 Å². The van der Waals surface area contributed by atoms with E-state index in [1.165, 1.54) is 12.1 Å². The van der Waals surface area contributed by atoms with Crippen LogP contribution in [0.25, 0.3) is 0 Å². The van der Waals surface area contributed by atoms with Crippen molar-refractivity contribution in [3.05, 3.63) is 46.3 Å².